The normalized spacial score (nSPS) is 11.1. The van der Waals surface area contributed by atoms with E-state index in [0.29, 0.717) is 5.69 Å². The lowest BCUT2D eigenvalue weighted by Crippen LogP contribution is -2.02. The second-order valence-corrected chi connectivity index (χ2v) is 3.32. The molecule has 0 aliphatic rings. The van der Waals surface area contributed by atoms with E-state index in [2.05, 4.69) is 15.3 Å². The van der Waals surface area contributed by atoms with Crippen LogP contribution in [0.1, 0.15) is 22.8 Å². The summed E-state index contributed by atoms with van der Waals surface area (Å²) in [5.41, 5.74) is 3.44. The SMILES string of the molecule is Cc1nnc(C)n2nc(CO)c(C)c12. The Morgan fingerprint density at radius 3 is 2.50 bits per heavy atom. The van der Waals surface area contributed by atoms with Gasteiger partial charge in [0.2, 0.25) is 0 Å². The number of aryl methyl sites for hydroxylation is 3. The smallest absolute Gasteiger partial charge is 0.150 e. The molecule has 2 aromatic heterocycles. The molecule has 14 heavy (non-hydrogen) atoms. The third kappa shape index (κ3) is 1.09. The van der Waals surface area contributed by atoms with Gasteiger partial charge in [-0.25, -0.2) is 4.52 Å². The van der Waals surface area contributed by atoms with Crippen LogP contribution >= 0.6 is 0 Å². The maximum atomic E-state index is 9.08. The number of hydrogen-bond donors (Lipinski definition) is 1. The predicted octanol–water partition coefficient (Wildman–Crippen LogP) is 0.542. The maximum absolute atomic E-state index is 9.08. The summed E-state index contributed by atoms with van der Waals surface area (Å²) in [4.78, 5) is 0. The fraction of sp³-hybridized carbons (Fsp3) is 0.444. The largest absolute Gasteiger partial charge is 0.390 e. The molecule has 0 spiro atoms. The Bertz CT molecular complexity index is 489. The van der Waals surface area contributed by atoms with E-state index in [1.165, 1.54) is 0 Å². The third-order valence-corrected chi connectivity index (χ3v) is 2.36. The van der Waals surface area contributed by atoms with Crippen LogP contribution in [0.25, 0.3) is 5.52 Å². The van der Waals surface area contributed by atoms with Crippen LogP contribution in [-0.2, 0) is 6.61 Å². The lowest BCUT2D eigenvalue weighted by molar-refractivity contribution is 0.275. The van der Waals surface area contributed by atoms with E-state index in [4.69, 9.17) is 5.11 Å². The maximum Gasteiger partial charge on any atom is 0.150 e. The Kier molecular flexibility index (Phi) is 1.96. The Balaban J connectivity index is 2.90. The van der Waals surface area contributed by atoms with E-state index in [9.17, 15) is 0 Å². The van der Waals surface area contributed by atoms with Gasteiger partial charge in [0.15, 0.2) is 0 Å². The van der Waals surface area contributed by atoms with Crippen LogP contribution in [-0.4, -0.2) is 24.9 Å². The molecule has 0 bridgehead atoms. The summed E-state index contributed by atoms with van der Waals surface area (Å²) < 4.78 is 1.73. The topological polar surface area (TPSA) is 63.3 Å². The van der Waals surface area contributed by atoms with Gasteiger partial charge in [-0.05, 0) is 20.8 Å². The summed E-state index contributed by atoms with van der Waals surface area (Å²) in [6.45, 7) is 5.61. The molecule has 0 aliphatic heterocycles. The molecule has 0 saturated heterocycles. The zero-order valence-electron chi connectivity index (χ0n) is 8.44. The van der Waals surface area contributed by atoms with Gasteiger partial charge in [-0.1, -0.05) is 0 Å². The summed E-state index contributed by atoms with van der Waals surface area (Å²) in [6, 6.07) is 0. The van der Waals surface area contributed by atoms with Crippen LogP contribution in [0.4, 0.5) is 0 Å². The number of hydrogen-bond acceptors (Lipinski definition) is 4. The monoisotopic (exact) mass is 192 g/mol. The molecule has 2 rings (SSSR count). The summed E-state index contributed by atoms with van der Waals surface area (Å²) >= 11 is 0. The van der Waals surface area contributed by atoms with E-state index < -0.39 is 0 Å². The van der Waals surface area contributed by atoms with Crippen molar-refractivity contribution in [3.8, 4) is 0 Å². The molecule has 0 aliphatic carbocycles. The summed E-state index contributed by atoms with van der Waals surface area (Å²) in [6.07, 6.45) is 0. The van der Waals surface area contributed by atoms with Crippen molar-refractivity contribution in [1.82, 2.24) is 19.8 Å². The molecule has 0 radical (unpaired) electrons. The number of nitrogens with zero attached hydrogens (tertiary/aromatic N) is 4. The summed E-state index contributed by atoms with van der Waals surface area (Å²) in [5.74, 6) is 0.730. The summed E-state index contributed by atoms with van der Waals surface area (Å²) in [5, 5.41) is 21.3. The molecule has 0 amide bonds. The van der Waals surface area contributed by atoms with Gasteiger partial charge >= 0.3 is 0 Å². The minimum absolute atomic E-state index is 0.0492. The Labute approximate surface area is 81.4 Å². The van der Waals surface area contributed by atoms with E-state index in [-0.39, 0.29) is 6.61 Å². The highest BCUT2D eigenvalue weighted by atomic mass is 16.3. The molecule has 0 fully saturated rings. The first-order valence-corrected chi connectivity index (χ1v) is 4.44. The molecule has 2 aromatic rings. The van der Waals surface area contributed by atoms with Crippen molar-refractivity contribution in [1.29, 1.82) is 0 Å². The zero-order chi connectivity index (χ0) is 10.3. The Hall–Kier alpha value is -1.49. The van der Waals surface area contributed by atoms with E-state index in [1.54, 1.807) is 4.52 Å². The van der Waals surface area contributed by atoms with E-state index in [1.807, 2.05) is 20.8 Å². The van der Waals surface area contributed by atoms with Crippen LogP contribution < -0.4 is 0 Å². The molecule has 5 nitrogen and oxygen atoms in total. The quantitative estimate of drug-likeness (QED) is 0.716. The van der Waals surface area contributed by atoms with E-state index in [0.717, 1.165) is 22.6 Å². The first-order valence-electron chi connectivity index (χ1n) is 4.44. The lowest BCUT2D eigenvalue weighted by Gasteiger charge is -1.99. The van der Waals surface area contributed by atoms with Gasteiger partial charge in [0.05, 0.1) is 23.5 Å². The standard InChI is InChI=1S/C9H12N4O/c1-5-8(4-14)12-13-7(3)11-10-6(2)9(5)13/h14H,4H2,1-3H3. The molecule has 0 atom stereocenters. The van der Waals surface area contributed by atoms with Crippen molar-refractivity contribution >= 4 is 5.52 Å². The van der Waals surface area contributed by atoms with Gasteiger partial charge in [-0.15, -0.1) is 5.10 Å². The molecular weight excluding hydrogens is 180 g/mol. The van der Waals surface area contributed by atoms with Crippen LogP contribution in [0.15, 0.2) is 0 Å². The van der Waals surface area contributed by atoms with Crippen LogP contribution in [0, 0.1) is 20.8 Å². The highest BCUT2D eigenvalue weighted by molar-refractivity contribution is 5.59. The van der Waals surface area contributed by atoms with Gasteiger partial charge in [0, 0.05) is 5.56 Å². The van der Waals surface area contributed by atoms with Crippen molar-refractivity contribution in [3.05, 3.63) is 22.8 Å². The third-order valence-electron chi connectivity index (χ3n) is 2.36. The van der Waals surface area contributed by atoms with Crippen molar-refractivity contribution in [2.45, 2.75) is 27.4 Å². The number of aliphatic hydroxyl groups is 1. The average molecular weight is 192 g/mol. The molecule has 74 valence electrons. The van der Waals surface area contributed by atoms with Gasteiger partial charge in [0.1, 0.15) is 5.82 Å². The van der Waals surface area contributed by atoms with Crippen molar-refractivity contribution in [3.63, 3.8) is 0 Å². The van der Waals surface area contributed by atoms with Crippen LogP contribution in [0.3, 0.4) is 0 Å². The fourth-order valence-electron chi connectivity index (χ4n) is 1.59. The van der Waals surface area contributed by atoms with Crippen molar-refractivity contribution < 1.29 is 5.11 Å². The second-order valence-electron chi connectivity index (χ2n) is 3.32. The van der Waals surface area contributed by atoms with Gasteiger partial charge < -0.3 is 5.11 Å². The van der Waals surface area contributed by atoms with Crippen molar-refractivity contribution in [2.24, 2.45) is 0 Å². The molecular formula is C9H12N4O. The van der Waals surface area contributed by atoms with Gasteiger partial charge in [-0.2, -0.15) is 10.2 Å². The summed E-state index contributed by atoms with van der Waals surface area (Å²) in [7, 11) is 0. The first kappa shape index (κ1) is 9.08. The fourth-order valence-corrected chi connectivity index (χ4v) is 1.59. The number of aromatic nitrogens is 4. The van der Waals surface area contributed by atoms with Crippen molar-refractivity contribution in [2.75, 3.05) is 0 Å². The van der Waals surface area contributed by atoms with Crippen LogP contribution in [0.2, 0.25) is 0 Å². The van der Waals surface area contributed by atoms with Crippen LogP contribution in [0.5, 0.6) is 0 Å². The molecule has 5 heteroatoms. The zero-order valence-corrected chi connectivity index (χ0v) is 8.44. The molecule has 1 N–H and O–H groups in total. The number of aliphatic hydroxyl groups excluding tert-OH is 1. The van der Waals surface area contributed by atoms with E-state index >= 15 is 0 Å². The molecule has 0 unspecified atom stereocenters. The Morgan fingerprint density at radius 2 is 1.93 bits per heavy atom. The lowest BCUT2D eigenvalue weighted by atomic mass is 10.2. The minimum atomic E-state index is -0.0492. The Morgan fingerprint density at radius 1 is 1.21 bits per heavy atom. The van der Waals surface area contributed by atoms with Gasteiger partial charge in [0.25, 0.3) is 0 Å². The minimum Gasteiger partial charge on any atom is -0.390 e. The predicted molar refractivity (Wildman–Crippen MR) is 50.9 cm³/mol. The molecule has 0 aromatic carbocycles. The molecule has 2 heterocycles. The highest BCUT2D eigenvalue weighted by Crippen LogP contribution is 2.17. The second kappa shape index (κ2) is 3.02. The number of fused-ring (bicyclic) bond motifs is 1. The first-order chi connectivity index (χ1) is 6.65. The number of rotatable bonds is 1. The molecule has 0 saturated carbocycles. The highest BCUT2D eigenvalue weighted by Gasteiger charge is 2.12. The average Bonchev–Trinajstić information content (AvgIpc) is 2.51. The van der Waals surface area contributed by atoms with Gasteiger partial charge in [-0.3, -0.25) is 0 Å².